The Labute approximate surface area is 189 Å². The molecule has 8 nitrogen and oxygen atoms in total. The van der Waals surface area contributed by atoms with Crippen LogP contribution < -0.4 is 10.9 Å². The van der Waals surface area contributed by atoms with Gasteiger partial charge in [-0.3, -0.25) is 9.59 Å². The number of para-hydroxylation sites is 1. The molecule has 3 heterocycles. The van der Waals surface area contributed by atoms with Crippen LogP contribution in [0, 0.1) is 13.8 Å². The molecule has 0 aliphatic heterocycles. The van der Waals surface area contributed by atoms with Gasteiger partial charge in [0, 0.05) is 11.1 Å². The van der Waals surface area contributed by atoms with E-state index in [4.69, 9.17) is 0 Å². The van der Waals surface area contributed by atoms with Crippen molar-refractivity contribution in [1.29, 1.82) is 0 Å². The van der Waals surface area contributed by atoms with Crippen molar-refractivity contribution in [1.82, 2.24) is 24.5 Å². The smallest absolute Gasteiger partial charge is 0.279 e. The topological polar surface area (TPSA) is 94.7 Å². The number of pyridine rings is 1. The van der Waals surface area contributed by atoms with Gasteiger partial charge in [-0.2, -0.15) is 14.9 Å². The van der Waals surface area contributed by atoms with E-state index in [1.807, 2.05) is 38.1 Å². The fourth-order valence-electron chi connectivity index (χ4n) is 3.74. The van der Waals surface area contributed by atoms with E-state index in [1.165, 1.54) is 4.68 Å². The minimum atomic E-state index is -0.434. The van der Waals surface area contributed by atoms with Crippen molar-refractivity contribution in [3.8, 4) is 11.5 Å². The van der Waals surface area contributed by atoms with Crippen molar-refractivity contribution in [2.75, 3.05) is 5.32 Å². The van der Waals surface area contributed by atoms with Crippen molar-refractivity contribution < 1.29 is 4.79 Å². The van der Waals surface area contributed by atoms with Crippen molar-refractivity contribution in [2.45, 2.75) is 13.8 Å². The van der Waals surface area contributed by atoms with Crippen LogP contribution in [0.25, 0.3) is 22.3 Å². The zero-order valence-electron chi connectivity index (χ0n) is 18.1. The molecular weight excluding hydrogens is 416 g/mol. The standard InChI is InChI=1S/C25H20N6O2/c1-16-14-17(2)30(28-16)22-13-12-18(15-26-22)27-24(32)23-20-10-6-7-11-21(20)25(33)31(29-23)19-8-4-3-5-9-19/h3-15H,1-2H3,(H,27,32). The molecule has 3 aromatic heterocycles. The first-order valence-electron chi connectivity index (χ1n) is 10.4. The number of aromatic nitrogens is 5. The van der Waals surface area contributed by atoms with Crippen molar-refractivity contribution in [3.63, 3.8) is 0 Å². The van der Waals surface area contributed by atoms with Gasteiger partial charge in [-0.15, -0.1) is 0 Å². The lowest BCUT2D eigenvalue weighted by molar-refractivity contribution is 0.102. The number of anilines is 1. The van der Waals surface area contributed by atoms with Gasteiger partial charge in [0.1, 0.15) is 0 Å². The van der Waals surface area contributed by atoms with Gasteiger partial charge < -0.3 is 5.32 Å². The predicted molar refractivity (Wildman–Crippen MR) is 126 cm³/mol. The summed E-state index contributed by atoms with van der Waals surface area (Å²) in [5, 5.41) is 12.6. The molecule has 0 aliphatic carbocycles. The Morgan fingerprint density at radius 2 is 1.58 bits per heavy atom. The summed E-state index contributed by atoms with van der Waals surface area (Å²) in [4.78, 5) is 30.6. The molecule has 5 aromatic rings. The summed E-state index contributed by atoms with van der Waals surface area (Å²) in [6.45, 7) is 3.88. The largest absolute Gasteiger partial charge is 0.319 e. The summed E-state index contributed by atoms with van der Waals surface area (Å²) >= 11 is 0. The molecule has 1 amide bonds. The number of hydrogen-bond donors (Lipinski definition) is 1. The van der Waals surface area contributed by atoms with E-state index in [1.54, 1.807) is 59.4 Å². The van der Waals surface area contributed by atoms with Gasteiger partial charge in [-0.05, 0) is 50.2 Å². The van der Waals surface area contributed by atoms with Crippen LogP contribution in [-0.2, 0) is 0 Å². The predicted octanol–water partition coefficient (Wildman–Crippen LogP) is 3.84. The first kappa shape index (κ1) is 20.3. The maximum atomic E-state index is 13.2. The molecule has 0 saturated carbocycles. The van der Waals surface area contributed by atoms with Crippen molar-refractivity contribution in [3.05, 3.63) is 106 Å². The maximum absolute atomic E-state index is 13.2. The highest BCUT2D eigenvalue weighted by molar-refractivity contribution is 6.11. The van der Waals surface area contributed by atoms with Gasteiger partial charge in [0.2, 0.25) is 0 Å². The Morgan fingerprint density at radius 1 is 0.848 bits per heavy atom. The number of amides is 1. The van der Waals surface area contributed by atoms with Crippen LogP contribution in [0.4, 0.5) is 5.69 Å². The number of nitrogens with one attached hydrogen (secondary N) is 1. The van der Waals surface area contributed by atoms with Crippen molar-refractivity contribution in [2.24, 2.45) is 0 Å². The van der Waals surface area contributed by atoms with Gasteiger partial charge in [0.05, 0.1) is 28.7 Å². The number of nitrogens with zero attached hydrogens (tertiary/aromatic N) is 5. The van der Waals surface area contributed by atoms with Crippen LogP contribution in [0.3, 0.4) is 0 Å². The molecule has 162 valence electrons. The number of aryl methyl sites for hydroxylation is 2. The lowest BCUT2D eigenvalue weighted by Crippen LogP contribution is -2.26. The summed E-state index contributed by atoms with van der Waals surface area (Å²) in [5.41, 5.74) is 2.82. The second kappa shape index (κ2) is 8.16. The normalized spacial score (nSPS) is 11.0. The number of hydrogen-bond acceptors (Lipinski definition) is 5. The first-order chi connectivity index (χ1) is 16.0. The zero-order valence-corrected chi connectivity index (χ0v) is 18.1. The summed E-state index contributed by atoms with van der Waals surface area (Å²) in [6, 6.07) is 21.5. The van der Waals surface area contributed by atoms with E-state index in [9.17, 15) is 9.59 Å². The van der Waals surface area contributed by atoms with E-state index < -0.39 is 5.91 Å². The molecule has 0 spiro atoms. The van der Waals surface area contributed by atoms with Crippen LogP contribution in [-0.4, -0.2) is 30.5 Å². The highest BCUT2D eigenvalue weighted by Gasteiger charge is 2.18. The third-order valence-electron chi connectivity index (χ3n) is 5.25. The zero-order chi connectivity index (χ0) is 22.9. The third kappa shape index (κ3) is 3.78. The monoisotopic (exact) mass is 436 g/mol. The van der Waals surface area contributed by atoms with Crippen LogP contribution in [0.1, 0.15) is 21.9 Å². The molecule has 0 aliphatic rings. The molecule has 2 aromatic carbocycles. The van der Waals surface area contributed by atoms with Crippen LogP contribution >= 0.6 is 0 Å². The molecule has 0 fully saturated rings. The lowest BCUT2D eigenvalue weighted by atomic mass is 10.1. The number of rotatable bonds is 4. The molecule has 0 unspecified atom stereocenters. The quantitative estimate of drug-likeness (QED) is 0.462. The maximum Gasteiger partial charge on any atom is 0.279 e. The van der Waals surface area contributed by atoms with Gasteiger partial charge in [0.15, 0.2) is 11.5 Å². The average molecular weight is 436 g/mol. The Kier molecular flexibility index (Phi) is 5.02. The molecule has 1 N–H and O–H groups in total. The Morgan fingerprint density at radius 3 is 2.24 bits per heavy atom. The molecule has 0 saturated heterocycles. The molecular formula is C25H20N6O2. The summed E-state index contributed by atoms with van der Waals surface area (Å²) < 4.78 is 2.99. The van der Waals surface area contributed by atoms with E-state index in [0.29, 0.717) is 28.0 Å². The molecule has 33 heavy (non-hydrogen) atoms. The SMILES string of the molecule is Cc1cc(C)n(-c2ccc(NC(=O)c3nn(-c4ccccc4)c(=O)c4ccccc34)cn2)n1. The highest BCUT2D eigenvalue weighted by Crippen LogP contribution is 2.18. The van der Waals surface area contributed by atoms with E-state index in [-0.39, 0.29) is 11.3 Å². The second-order valence-electron chi connectivity index (χ2n) is 7.64. The fourth-order valence-corrected chi connectivity index (χ4v) is 3.74. The minimum Gasteiger partial charge on any atom is -0.319 e. The first-order valence-corrected chi connectivity index (χ1v) is 10.4. The van der Waals surface area contributed by atoms with Gasteiger partial charge in [-0.25, -0.2) is 9.67 Å². The van der Waals surface area contributed by atoms with Crippen LogP contribution in [0.5, 0.6) is 0 Å². The van der Waals surface area contributed by atoms with Gasteiger partial charge >= 0.3 is 0 Å². The molecule has 0 atom stereocenters. The molecule has 0 radical (unpaired) electrons. The fraction of sp³-hybridized carbons (Fsp3) is 0.0800. The van der Waals surface area contributed by atoms with Crippen molar-refractivity contribution >= 4 is 22.4 Å². The van der Waals surface area contributed by atoms with E-state index in [2.05, 4.69) is 20.5 Å². The van der Waals surface area contributed by atoms with Gasteiger partial charge in [-0.1, -0.05) is 36.4 Å². The Balaban J connectivity index is 1.52. The van der Waals surface area contributed by atoms with Crippen LogP contribution in [0.15, 0.2) is 83.8 Å². The summed E-state index contributed by atoms with van der Waals surface area (Å²) in [5.74, 6) is 0.219. The number of carbonyl (C=O) groups is 1. The summed E-state index contributed by atoms with van der Waals surface area (Å²) in [6.07, 6.45) is 1.57. The second-order valence-corrected chi connectivity index (χ2v) is 7.64. The highest BCUT2D eigenvalue weighted by atomic mass is 16.2. The average Bonchev–Trinajstić information content (AvgIpc) is 3.18. The van der Waals surface area contributed by atoms with E-state index in [0.717, 1.165) is 11.4 Å². The third-order valence-corrected chi connectivity index (χ3v) is 5.25. The summed E-state index contributed by atoms with van der Waals surface area (Å²) in [7, 11) is 0. The number of benzene rings is 2. The van der Waals surface area contributed by atoms with Crippen LogP contribution in [0.2, 0.25) is 0 Å². The molecule has 8 heteroatoms. The number of fused-ring (bicyclic) bond motifs is 1. The minimum absolute atomic E-state index is 0.150. The molecule has 0 bridgehead atoms. The lowest BCUT2D eigenvalue weighted by Gasteiger charge is -2.11. The number of carbonyl (C=O) groups excluding carboxylic acids is 1. The Bertz CT molecular complexity index is 1540. The van der Waals surface area contributed by atoms with E-state index >= 15 is 0 Å². The Hall–Kier alpha value is -4.59. The van der Waals surface area contributed by atoms with Gasteiger partial charge in [0.25, 0.3) is 11.5 Å². The molecule has 5 rings (SSSR count).